The number of alkyl halides is 3. The van der Waals surface area contributed by atoms with Gasteiger partial charge in [-0.15, -0.1) is 0 Å². The Morgan fingerprint density at radius 2 is 1.77 bits per heavy atom. The first-order chi connectivity index (χ1) is 10.3. The molecular formula is C16H15F3N2O. The molecule has 0 unspecified atom stereocenters. The van der Waals surface area contributed by atoms with Crippen molar-refractivity contribution in [3.8, 4) is 0 Å². The molecule has 0 spiro atoms. The van der Waals surface area contributed by atoms with E-state index < -0.39 is 17.8 Å². The maximum atomic E-state index is 12.6. The summed E-state index contributed by atoms with van der Waals surface area (Å²) >= 11 is 0. The molecule has 6 heteroatoms. The molecule has 0 bridgehead atoms. The second-order valence-electron chi connectivity index (χ2n) is 4.87. The lowest BCUT2D eigenvalue weighted by Gasteiger charge is -2.11. The van der Waals surface area contributed by atoms with Gasteiger partial charge in [-0.05, 0) is 30.7 Å². The van der Waals surface area contributed by atoms with Gasteiger partial charge in [0.25, 0.3) is 0 Å². The van der Waals surface area contributed by atoms with E-state index in [0.717, 1.165) is 23.3 Å². The summed E-state index contributed by atoms with van der Waals surface area (Å²) in [4.78, 5) is 11.7. The monoisotopic (exact) mass is 308 g/mol. The summed E-state index contributed by atoms with van der Waals surface area (Å²) in [7, 11) is 0. The standard InChI is InChI=1S/C16H15F3N2O/c1-11-5-7-12(8-6-11)10-20-15(22)21-14-4-2-3-13(9-14)16(17,18)19/h2-9H,10H2,1H3,(H2,20,21,22). The predicted octanol–water partition coefficient (Wildman–Crippen LogP) is 4.34. The molecule has 0 aliphatic rings. The van der Waals surface area contributed by atoms with Crippen molar-refractivity contribution in [2.75, 3.05) is 5.32 Å². The highest BCUT2D eigenvalue weighted by atomic mass is 19.4. The predicted molar refractivity (Wildman–Crippen MR) is 78.5 cm³/mol. The molecule has 0 fully saturated rings. The minimum Gasteiger partial charge on any atom is -0.334 e. The molecule has 0 radical (unpaired) electrons. The lowest BCUT2D eigenvalue weighted by molar-refractivity contribution is -0.137. The highest BCUT2D eigenvalue weighted by Gasteiger charge is 2.30. The molecule has 2 N–H and O–H groups in total. The van der Waals surface area contributed by atoms with Gasteiger partial charge in [-0.3, -0.25) is 0 Å². The number of hydrogen-bond acceptors (Lipinski definition) is 1. The summed E-state index contributed by atoms with van der Waals surface area (Å²) in [5, 5.41) is 4.98. The van der Waals surface area contributed by atoms with Crippen molar-refractivity contribution in [2.45, 2.75) is 19.6 Å². The third kappa shape index (κ3) is 4.51. The van der Waals surface area contributed by atoms with Gasteiger partial charge < -0.3 is 10.6 Å². The second kappa shape index (κ2) is 6.51. The molecule has 0 aromatic heterocycles. The minimum atomic E-state index is -4.43. The molecule has 0 aliphatic carbocycles. The molecule has 22 heavy (non-hydrogen) atoms. The topological polar surface area (TPSA) is 41.1 Å². The van der Waals surface area contributed by atoms with Crippen LogP contribution < -0.4 is 10.6 Å². The quantitative estimate of drug-likeness (QED) is 0.870. The largest absolute Gasteiger partial charge is 0.416 e. The van der Waals surface area contributed by atoms with E-state index in [2.05, 4.69) is 10.6 Å². The SMILES string of the molecule is Cc1ccc(CNC(=O)Nc2cccc(C(F)(F)F)c2)cc1. The van der Waals surface area contributed by atoms with Crippen molar-refractivity contribution in [1.29, 1.82) is 0 Å². The van der Waals surface area contributed by atoms with Gasteiger partial charge in [0.2, 0.25) is 0 Å². The highest BCUT2D eigenvalue weighted by molar-refractivity contribution is 5.89. The van der Waals surface area contributed by atoms with Crippen molar-refractivity contribution in [2.24, 2.45) is 0 Å². The van der Waals surface area contributed by atoms with Crippen LogP contribution >= 0.6 is 0 Å². The Morgan fingerprint density at radius 1 is 1.09 bits per heavy atom. The number of aryl methyl sites for hydroxylation is 1. The molecule has 0 saturated heterocycles. The maximum Gasteiger partial charge on any atom is 0.416 e. The third-order valence-corrected chi connectivity index (χ3v) is 3.02. The molecule has 0 saturated carbocycles. The normalized spacial score (nSPS) is 11.1. The lowest BCUT2D eigenvalue weighted by atomic mass is 10.1. The first-order valence-electron chi connectivity index (χ1n) is 6.62. The van der Waals surface area contributed by atoms with E-state index in [1.807, 2.05) is 31.2 Å². The van der Waals surface area contributed by atoms with E-state index in [1.54, 1.807) is 0 Å². The van der Waals surface area contributed by atoms with Crippen LogP contribution in [0, 0.1) is 6.92 Å². The summed E-state index contributed by atoms with van der Waals surface area (Å²) in [6.07, 6.45) is -4.43. The molecule has 116 valence electrons. The van der Waals surface area contributed by atoms with Crippen LogP contribution in [0.2, 0.25) is 0 Å². The van der Waals surface area contributed by atoms with Gasteiger partial charge in [0.15, 0.2) is 0 Å². The van der Waals surface area contributed by atoms with Crippen LogP contribution in [-0.2, 0) is 12.7 Å². The van der Waals surface area contributed by atoms with Crippen LogP contribution in [0.5, 0.6) is 0 Å². The number of carbonyl (C=O) groups is 1. The van der Waals surface area contributed by atoms with Crippen molar-refractivity contribution in [1.82, 2.24) is 5.32 Å². The zero-order chi connectivity index (χ0) is 16.2. The van der Waals surface area contributed by atoms with Gasteiger partial charge in [-0.1, -0.05) is 35.9 Å². The van der Waals surface area contributed by atoms with Crippen molar-refractivity contribution in [3.05, 3.63) is 65.2 Å². The van der Waals surface area contributed by atoms with E-state index >= 15 is 0 Å². The molecule has 2 aromatic carbocycles. The highest BCUT2D eigenvalue weighted by Crippen LogP contribution is 2.30. The third-order valence-electron chi connectivity index (χ3n) is 3.02. The summed E-state index contributed by atoms with van der Waals surface area (Å²) in [6.45, 7) is 2.25. The van der Waals surface area contributed by atoms with E-state index in [9.17, 15) is 18.0 Å². The summed E-state index contributed by atoms with van der Waals surface area (Å²) in [6, 6.07) is 11.5. The average Bonchev–Trinajstić information content (AvgIpc) is 2.46. The van der Waals surface area contributed by atoms with Gasteiger partial charge in [0.1, 0.15) is 0 Å². The Kier molecular flexibility index (Phi) is 4.70. The molecule has 0 heterocycles. The first kappa shape index (κ1) is 15.9. The number of anilines is 1. The molecule has 2 aromatic rings. The number of urea groups is 1. The number of halogens is 3. The van der Waals surface area contributed by atoms with E-state index in [0.29, 0.717) is 6.54 Å². The maximum absolute atomic E-state index is 12.6. The number of nitrogens with one attached hydrogen (secondary N) is 2. The average molecular weight is 308 g/mol. The van der Waals surface area contributed by atoms with Crippen LogP contribution in [-0.4, -0.2) is 6.03 Å². The van der Waals surface area contributed by atoms with Crippen LogP contribution in [0.1, 0.15) is 16.7 Å². The number of amides is 2. The van der Waals surface area contributed by atoms with Crippen molar-refractivity contribution >= 4 is 11.7 Å². The molecule has 0 aliphatic heterocycles. The summed E-state index contributed by atoms with van der Waals surface area (Å²) < 4.78 is 37.7. The summed E-state index contributed by atoms with van der Waals surface area (Å²) in [5.41, 5.74) is 1.31. The first-order valence-corrected chi connectivity index (χ1v) is 6.62. The van der Waals surface area contributed by atoms with Crippen molar-refractivity contribution in [3.63, 3.8) is 0 Å². The molecule has 2 rings (SSSR count). The fraction of sp³-hybridized carbons (Fsp3) is 0.188. The Morgan fingerprint density at radius 3 is 2.41 bits per heavy atom. The van der Waals surface area contributed by atoms with Gasteiger partial charge in [0, 0.05) is 12.2 Å². The van der Waals surface area contributed by atoms with Gasteiger partial charge in [-0.2, -0.15) is 13.2 Å². The number of rotatable bonds is 3. The number of carbonyl (C=O) groups excluding carboxylic acids is 1. The molecule has 2 amide bonds. The second-order valence-corrected chi connectivity index (χ2v) is 4.87. The minimum absolute atomic E-state index is 0.0937. The van der Waals surface area contributed by atoms with Crippen LogP contribution in [0.25, 0.3) is 0 Å². The fourth-order valence-electron chi connectivity index (χ4n) is 1.84. The van der Waals surface area contributed by atoms with Crippen LogP contribution in [0.3, 0.4) is 0 Å². The Labute approximate surface area is 126 Å². The van der Waals surface area contributed by atoms with E-state index in [1.165, 1.54) is 12.1 Å². The van der Waals surface area contributed by atoms with Crippen LogP contribution in [0.15, 0.2) is 48.5 Å². The van der Waals surface area contributed by atoms with Gasteiger partial charge >= 0.3 is 12.2 Å². The smallest absolute Gasteiger partial charge is 0.334 e. The Bertz CT molecular complexity index is 651. The van der Waals surface area contributed by atoms with Crippen molar-refractivity contribution < 1.29 is 18.0 Å². The molecule has 3 nitrogen and oxygen atoms in total. The zero-order valence-electron chi connectivity index (χ0n) is 11.9. The van der Waals surface area contributed by atoms with E-state index in [-0.39, 0.29) is 5.69 Å². The molecular weight excluding hydrogens is 293 g/mol. The Balaban J connectivity index is 1.93. The Hall–Kier alpha value is -2.50. The van der Waals surface area contributed by atoms with Gasteiger partial charge in [-0.25, -0.2) is 4.79 Å². The van der Waals surface area contributed by atoms with Gasteiger partial charge in [0.05, 0.1) is 5.56 Å². The van der Waals surface area contributed by atoms with E-state index in [4.69, 9.17) is 0 Å². The number of benzene rings is 2. The number of hydrogen-bond donors (Lipinski definition) is 2. The zero-order valence-corrected chi connectivity index (χ0v) is 11.9. The molecule has 0 atom stereocenters. The summed E-state index contributed by atoms with van der Waals surface area (Å²) in [5.74, 6) is 0. The lowest BCUT2D eigenvalue weighted by Crippen LogP contribution is -2.28. The fourth-order valence-corrected chi connectivity index (χ4v) is 1.84. The van der Waals surface area contributed by atoms with Crippen LogP contribution in [0.4, 0.5) is 23.7 Å².